The Morgan fingerprint density at radius 1 is 0.792 bits per heavy atom. The van der Waals surface area contributed by atoms with Gasteiger partial charge in [-0.1, -0.05) is 0 Å². The molecule has 0 amide bonds. The van der Waals surface area contributed by atoms with E-state index in [1.54, 1.807) is 0 Å². The molecule has 1 aromatic rings. The van der Waals surface area contributed by atoms with E-state index in [2.05, 4.69) is 76.3 Å². The molecule has 5 rings (SSSR count). The van der Waals surface area contributed by atoms with E-state index in [9.17, 15) is 0 Å². The molecule has 114 valence electrons. The SMILES string of the molecule is C1=CC2=NC1=CC1=C[CH]=[Sn]([CH]=C3C=CC(=N3)C=c3ccc([nH]3)=C2)[NH]1. The molecule has 1 aromatic heterocycles. The quantitative estimate of drug-likeness (QED) is 0.603. The Morgan fingerprint density at radius 2 is 1.50 bits per heavy atom. The number of hydrogen-bond acceptors (Lipinski definition) is 3. The Hall–Kier alpha value is -2.47. The van der Waals surface area contributed by atoms with Gasteiger partial charge in [-0.3, -0.25) is 0 Å². The van der Waals surface area contributed by atoms with Crippen LogP contribution in [0.1, 0.15) is 0 Å². The van der Waals surface area contributed by atoms with Gasteiger partial charge >= 0.3 is 146 Å². The van der Waals surface area contributed by atoms with Crippen LogP contribution in [0.2, 0.25) is 0 Å². The van der Waals surface area contributed by atoms with Gasteiger partial charge in [-0.25, -0.2) is 0 Å². The number of H-pyrrole nitrogens is 1. The second kappa shape index (κ2) is 5.56. The van der Waals surface area contributed by atoms with Crippen molar-refractivity contribution in [3.05, 3.63) is 80.5 Å². The fourth-order valence-corrected chi connectivity index (χ4v) is 7.45. The van der Waals surface area contributed by atoms with Gasteiger partial charge < -0.3 is 0 Å². The van der Waals surface area contributed by atoms with Crippen LogP contribution in [0.5, 0.6) is 0 Å². The van der Waals surface area contributed by atoms with E-state index < -0.39 is 19.6 Å². The third kappa shape index (κ3) is 2.73. The first-order valence-electron chi connectivity index (χ1n) is 7.85. The van der Waals surface area contributed by atoms with Crippen molar-refractivity contribution in [1.29, 1.82) is 0 Å². The van der Waals surface area contributed by atoms with Crippen molar-refractivity contribution in [3.8, 4) is 0 Å². The molecule has 4 nitrogen and oxygen atoms in total. The van der Waals surface area contributed by atoms with Gasteiger partial charge in [0.1, 0.15) is 0 Å². The van der Waals surface area contributed by atoms with Crippen molar-refractivity contribution >= 4 is 47.2 Å². The number of rotatable bonds is 0. The average Bonchev–Trinajstić information content (AvgIpc) is 3.32. The molecule has 0 aromatic carbocycles. The Labute approximate surface area is 146 Å². The third-order valence-corrected chi connectivity index (χ3v) is 8.92. The molecule has 4 aliphatic heterocycles. The molecule has 24 heavy (non-hydrogen) atoms. The number of fused-ring (bicyclic) bond motifs is 6. The third-order valence-electron chi connectivity index (χ3n) is 4.04. The molecule has 4 aliphatic rings. The van der Waals surface area contributed by atoms with Crippen LogP contribution in [0.4, 0.5) is 0 Å². The summed E-state index contributed by atoms with van der Waals surface area (Å²) in [5.74, 6) is 0. The van der Waals surface area contributed by atoms with Gasteiger partial charge in [-0.05, 0) is 0 Å². The first kappa shape index (κ1) is 13.9. The van der Waals surface area contributed by atoms with Crippen molar-refractivity contribution in [1.82, 2.24) is 8.52 Å². The molecule has 5 heterocycles. The topological polar surface area (TPSA) is 52.5 Å². The van der Waals surface area contributed by atoms with Crippen LogP contribution in [0.25, 0.3) is 12.2 Å². The van der Waals surface area contributed by atoms with Gasteiger partial charge in [-0.15, -0.1) is 0 Å². The monoisotopic (exact) mass is 418 g/mol. The van der Waals surface area contributed by atoms with Crippen LogP contribution in [0.3, 0.4) is 0 Å². The second-order valence-corrected chi connectivity index (χ2v) is 11.0. The first-order valence-corrected chi connectivity index (χ1v) is 12.6. The molecule has 8 bridgehead atoms. The average molecular weight is 417 g/mol. The summed E-state index contributed by atoms with van der Waals surface area (Å²) in [6.07, 6.45) is 16.7. The summed E-state index contributed by atoms with van der Waals surface area (Å²) in [7, 11) is 0. The predicted molar refractivity (Wildman–Crippen MR) is 101 cm³/mol. The number of hydrogen-bond donors (Lipinski definition) is 2. The van der Waals surface area contributed by atoms with Crippen LogP contribution in [-0.4, -0.2) is 40.0 Å². The van der Waals surface area contributed by atoms with E-state index in [-0.39, 0.29) is 0 Å². The Kier molecular flexibility index (Phi) is 3.22. The zero-order valence-corrected chi connectivity index (χ0v) is 15.7. The fraction of sp³-hybridized carbons (Fsp3) is 0. The zero-order chi connectivity index (χ0) is 15.9. The first-order chi connectivity index (χ1) is 11.8. The van der Waals surface area contributed by atoms with E-state index >= 15 is 0 Å². The molecular weight excluding hydrogens is 403 g/mol. The Bertz CT molecular complexity index is 1030. The molecule has 5 heteroatoms. The van der Waals surface area contributed by atoms with E-state index in [4.69, 9.17) is 4.99 Å². The van der Waals surface area contributed by atoms with E-state index in [1.807, 2.05) is 6.08 Å². The van der Waals surface area contributed by atoms with E-state index in [0.29, 0.717) is 0 Å². The van der Waals surface area contributed by atoms with Crippen LogP contribution >= 0.6 is 0 Å². The molecule has 0 saturated heterocycles. The van der Waals surface area contributed by atoms with Gasteiger partial charge in [0.2, 0.25) is 0 Å². The minimum absolute atomic E-state index is 0.962. The molecule has 0 aliphatic carbocycles. The van der Waals surface area contributed by atoms with Crippen LogP contribution < -0.4 is 14.2 Å². The number of aromatic amines is 1. The van der Waals surface area contributed by atoms with Crippen molar-refractivity contribution in [2.75, 3.05) is 0 Å². The summed E-state index contributed by atoms with van der Waals surface area (Å²) >= 11 is -1.89. The normalized spacial score (nSPS) is 20.2. The van der Waals surface area contributed by atoms with Gasteiger partial charge in [-0.2, -0.15) is 0 Å². The molecule has 2 N–H and O–H groups in total. The van der Waals surface area contributed by atoms with Crippen molar-refractivity contribution in [2.24, 2.45) is 9.98 Å². The van der Waals surface area contributed by atoms with E-state index in [0.717, 1.165) is 39.2 Å². The summed E-state index contributed by atoms with van der Waals surface area (Å²) < 4.78 is 8.31. The number of aliphatic imine (C=N–C) groups is 2. The van der Waals surface area contributed by atoms with Crippen LogP contribution in [-0.2, 0) is 0 Å². The molecule has 0 unspecified atom stereocenters. The summed E-state index contributed by atoms with van der Waals surface area (Å²) in [6.45, 7) is 0. The van der Waals surface area contributed by atoms with Crippen LogP contribution in [0, 0.1) is 0 Å². The van der Waals surface area contributed by atoms with Gasteiger partial charge in [0.05, 0.1) is 0 Å². The minimum atomic E-state index is -1.89. The Morgan fingerprint density at radius 3 is 2.29 bits per heavy atom. The number of allylic oxidation sites excluding steroid dienone is 6. The number of aromatic nitrogens is 1. The number of nitrogens with one attached hydrogen (secondary N) is 2. The second-order valence-electron chi connectivity index (χ2n) is 5.91. The van der Waals surface area contributed by atoms with Crippen molar-refractivity contribution in [3.63, 3.8) is 0 Å². The zero-order valence-electron chi connectivity index (χ0n) is 12.8. The maximum absolute atomic E-state index is 4.70. The molecule has 0 fully saturated rings. The summed E-state index contributed by atoms with van der Waals surface area (Å²) in [5.41, 5.74) is 5.14. The molecular formula is C19H14N4Sn. The maximum atomic E-state index is 4.70. The standard InChI is InChI=1S/C19H14N4.Sn/c1-3-14(20)10-15-6-7-18(22-15)12-19-9-8-17(23-19)11-16-5-4-13(2)21-16;/h1-12,20,23H;/q-1;+1. The van der Waals surface area contributed by atoms with Crippen molar-refractivity contribution in [2.45, 2.75) is 0 Å². The predicted octanol–water partition coefficient (Wildman–Crippen LogP) is 0.780. The molecule has 0 spiro atoms. The summed E-state index contributed by atoms with van der Waals surface area (Å²) in [6, 6.07) is 4.13. The molecule has 0 atom stereocenters. The van der Waals surface area contributed by atoms with E-state index in [1.165, 1.54) is 0 Å². The van der Waals surface area contributed by atoms with Gasteiger partial charge in [0.25, 0.3) is 0 Å². The van der Waals surface area contributed by atoms with Gasteiger partial charge in [0, 0.05) is 0 Å². The van der Waals surface area contributed by atoms with Crippen molar-refractivity contribution < 1.29 is 0 Å². The van der Waals surface area contributed by atoms with Gasteiger partial charge in [0.15, 0.2) is 0 Å². The number of nitrogens with zero attached hydrogens (tertiary/aromatic N) is 2. The summed E-state index contributed by atoms with van der Waals surface area (Å²) in [5, 5.41) is 2.09. The fourth-order valence-electron chi connectivity index (χ4n) is 2.94. The molecule has 0 radical (unpaired) electrons. The molecule has 0 saturated carbocycles. The summed E-state index contributed by atoms with van der Waals surface area (Å²) in [4.78, 5) is 12.8. The van der Waals surface area contributed by atoms with Crippen LogP contribution in [0.15, 0.2) is 79.8 Å². The Balaban J connectivity index is 1.67.